The van der Waals surface area contributed by atoms with E-state index in [1.54, 1.807) is 0 Å². The third-order valence-corrected chi connectivity index (χ3v) is 3.64. The zero-order chi connectivity index (χ0) is 15.6. The lowest BCUT2D eigenvalue weighted by Crippen LogP contribution is -2.38. The van der Waals surface area contributed by atoms with Crippen LogP contribution in [0.25, 0.3) is 0 Å². The van der Waals surface area contributed by atoms with Gasteiger partial charge in [-0.15, -0.1) is 0 Å². The van der Waals surface area contributed by atoms with Gasteiger partial charge in [-0.3, -0.25) is 4.79 Å². The van der Waals surface area contributed by atoms with Crippen LogP contribution in [0.2, 0.25) is 0 Å². The van der Waals surface area contributed by atoms with Gasteiger partial charge in [0.25, 0.3) is 0 Å². The molecule has 21 heavy (non-hydrogen) atoms. The molecular weight excluding hydrogens is 334 g/mol. The maximum Gasteiger partial charge on any atom is 0.323 e. The summed E-state index contributed by atoms with van der Waals surface area (Å²) in [5.41, 5.74) is 1.81. The lowest BCUT2D eigenvalue weighted by molar-refractivity contribution is -0.157. The highest BCUT2D eigenvalue weighted by Gasteiger charge is 2.22. The monoisotopic (exact) mass is 355 g/mol. The summed E-state index contributed by atoms with van der Waals surface area (Å²) in [5.74, 6) is 0.706. The fourth-order valence-corrected chi connectivity index (χ4v) is 2.77. The van der Waals surface area contributed by atoms with Gasteiger partial charge in [-0.05, 0) is 45.4 Å². The maximum atomic E-state index is 12.0. The molecule has 0 saturated heterocycles. The molecule has 0 aliphatic carbocycles. The summed E-state index contributed by atoms with van der Waals surface area (Å²) >= 11 is 3.52. The number of carbonyl (C=O) groups excluding carboxylic acids is 1. The first-order valence-corrected chi connectivity index (χ1v) is 7.96. The molecule has 5 heteroatoms. The van der Waals surface area contributed by atoms with Crippen LogP contribution < -0.4 is 10.1 Å². The summed E-state index contributed by atoms with van der Waals surface area (Å²) in [6, 6.07) is 3.75. The van der Waals surface area contributed by atoms with Crippen LogP contribution in [-0.4, -0.2) is 24.2 Å². The highest BCUT2D eigenvalue weighted by atomic mass is 79.9. The topological polar surface area (TPSA) is 47.6 Å². The van der Waals surface area contributed by atoms with E-state index in [4.69, 9.17) is 9.47 Å². The maximum absolute atomic E-state index is 12.0. The molecule has 1 aromatic rings. The summed E-state index contributed by atoms with van der Waals surface area (Å²) in [6.45, 7) is 8.71. The van der Waals surface area contributed by atoms with Crippen LogP contribution in [0, 0.1) is 0 Å². The van der Waals surface area contributed by atoms with Gasteiger partial charge in [0.1, 0.15) is 17.4 Å². The number of hydrogen-bond donors (Lipinski definition) is 1. The molecule has 0 aromatic heterocycles. The molecule has 1 unspecified atom stereocenters. The quantitative estimate of drug-likeness (QED) is 0.842. The first-order valence-electron chi connectivity index (χ1n) is 7.16. The summed E-state index contributed by atoms with van der Waals surface area (Å²) in [6.07, 6.45) is 0.934. The molecule has 0 radical (unpaired) electrons. The molecular formula is C16H22BrNO3. The lowest BCUT2D eigenvalue weighted by atomic mass is 10.1. The number of halogens is 1. The van der Waals surface area contributed by atoms with Crippen LogP contribution >= 0.6 is 15.9 Å². The molecule has 1 atom stereocenters. The number of benzene rings is 1. The highest BCUT2D eigenvalue weighted by Crippen LogP contribution is 2.32. The SMILES string of the molecule is CC(NCc1cc(Br)cc2c1OCC2)C(=O)OC(C)(C)C. The van der Waals surface area contributed by atoms with E-state index < -0.39 is 5.60 Å². The summed E-state index contributed by atoms with van der Waals surface area (Å²) in [4.78, 5) is 12.0. The third kappa shape index (κ3) is 4.45. The smallest absolute Gasteiger partial charge is 0.323 e. The molecule has 2 rings (SSSR count). The Morgan fingerprint density at radius 3 is 2.86 bits per heavy atom. The molecule has 1 aromatic carbocycles. The average Bonchev–Trinajstić information content (AvgIpc) is 2.81. The van der Waals surface area contributed by atoms with Crippen LogP contribution in [0.5, 0.6) is 5.75 Å². The number of nitrogens with one attached hydrogen (secondary N) is 1. The molecule has 1 heterocycles. The van der Waals surface area contributed by atoms with E-state index in [0.717, 1.165) is 28.8 Å². The number of ether oxygens (including phenoxy) is 2. The largest absolute Gasteiger partial charge is 0.493 e. The highest BCUT2D eigenvalue weighted by molar-refractivity contribution is 9.10. The number of esters is 1. The van der Waals surface area contributed by atoms with Crippen LogP contribution in [-0.2, 0) is 22.5 Å². The molecule has 1 N–H and O–H groups in total. The summed E-state index contributed by atoms with van der Waals surface area (Å²) < 4.78 is 12.1. The fourth-order valence-electron chi connectivity index (χ4n) is 2.21. The molecule has 116 valence electrons. The second-order valence-corrected chi connectivity index (χ2v) is 7.20. The Morgan fingerprint density at radius 2 is 2.19 bits per heavy atom. The van der Waals surface area contributed by atoms with Gasteiger partial charge in [0, 0.05) is 23.0 Å². The van der Waals surface area contributed by atoms with Crippen LogP contribution in [0.15, 0.2) is 16.6 Å². The second kappa shape index (κ2) is 6.36. The summed E-state index contributed by atoms with van der Waals surface area (Å²) in [7, 11) is 0. The summed E-state index contributed by atoms with van der Waals surface area (Å²) in [5, 5.41) is 3.20. The van der Waals surface area contributed by atoms with Crippen molar-refractivity contribution >= 4 is 21.9 Å². The Labute approximate surface area is 134 Å². The predicted octanol–water partition coefficient (Wildman–Crippen LogP) is 3.20. The van der Waals surface area contributed by atoms with Crippen molar-refractivity contribution in [3.05, 3.63) is 27.7 Å². The van der Waals surface area contributed by atoms with Crippen molar-refractivity contribution in [1.82, 2.24) is 5.32 Å². The zero-order valence-corrected chi connectivity index (χ0v) is 14.5. The van der Waals surface area contributed by atoms with Crippen molar-refractivity contribution in [2.75, 3.05) is 6.61 Å². The standard InChI is InChI=1S/C16H22BrNO3/c1-10(15(19)21-16(2,3)4)18-9-12-8-13(17)7-11-5-6-20-14(11)12/h7-8,10,18H,5-6,9H2,1-4H3. The molecule has 4 nitrogen and oxygen atoms in total. The van der Waals surface area contributed by atoms with E-state index in [-0.39, 0.29) is 12.0 Å². The first-order chi connectivity index (χ1) is 9.76. The van der Waals surface area contributed by atoms with Crippen molar-refractivity contribution in [3.8, 4) is 5.75 Å². The van der Waals surface area contributed by atoms with Crippen LogP contribution in [0.3, 0.4) is 0 Å². The Morgan fingerprint density at radius 1 is 1.48 bits per heavy atom. The van der Waals surface area contributed by atoms with Gasteiger partial charge < -0.3 is 14.8 Å². The van der Waals surface area contributed by atoms with E-state index in [9.17, 15) is 4.79 Å². The van der Waals surface area contributed by atoms with Gasteiger partial charge in [0.2, 0.25) is 0 Å². The predicted molar refractivity (Wildman–Crippen MR) is 85.5 cm³/mol. The van der Waals surface area contributed by atoms with E-state index >= 15 is 0 Å². The Kier molecular flexibility index (Phi) is 4.94. The van der Waals surface area contributed by atoms with Gasteiger partial charge in [0.15, 0.2) is 0 Å². The second-order valence-electron chi connectivity index (χ2n) is 6.29. The molecule has 0 bridgehead atoms. The van der Waals surface area contributed by atoms with E-state index in [1.807, 2.05) is 33.8 Å². The fraction of sp³-hybridized carbons (Fsp3) is 0.562. The molecule has 0 saturated carbocycles. The minimum atomic E-state index is -0.465. The van der Waals surface area contributed by atoms with Gasteiger partial charge >= 0.3 is 5.97 Å². The zero-order valence-electron chi connectivity index (χ0n) is 13.0. The number of rotatable bonds is 4. The normalized spacial score (nSPS) is 15.3. The number of fused-ring (bicyclic) bond motifs is 1. The van der Waals surface area contributed by atoms with Crippen LogP contribution in [0.1, 0.15) is 38.8 Å². The molecule has 1 aliphatic heterocycles. The van der Waals surface area contributed by atoms with Crippen molar-refractivity contribution in [1.29, 1.82) is 0 Å². The van der Waals surface area contributed by atoms with Crippen LogP contribution in [0.4, 0.5) is 0 Å². The van der Waals surface area contributed by atoms with E-state index in [0.29, 0.717) is 6.54 Å². The molecule has 1 aliphatic rings. The van der Waals surface area contributed by atoms with E-state index in [1.165, 1.54) is 5.56 Å². The van der Waals surface area contributed by atoms with Gasteiger partial charge in [-0.1, -0.05) is 15.9 Å². The van der Waals surface area contributed by atoms with E-state index in [2.05, 4.69) is 27.3 Å². The minimum Gasteiger partial charge on any atom is -0.493 e. The lowest BCUT2D eigenvalue weighted by Gasteiger charge is -2.23. The average molecular weight is 356 g/mol. The Balaban J connectivity index is 1.99. The molecule has 0 fully saturated rings. The van der Waals surface area contributed by atoms with Gasteiger partial charge in [-0.2, -0.15) is 0 Å². The van der Waals surface area contributed by atoms with Gasteiger partial charge in [0.05, 0.1) is 6.61 Å². The minimum absolute atomic E-state index is 0.241. The van der Waals surface area contributed by atoms with Gasteiger partial charge in [-0.25, -0.2) is 0 Å². The number of hydrogen-bond acceptors (Lipinski definition) is 4. The Bertz CT molecular complexity index is 537. The Hall–Kier alpha value is -1.07. The van der Waals surface area contributed by atoms with Crippen molar-refractivity contribution < 1.29 is 14.3 Å². The number of carbonyl (C=O) groups is 1. The molecule has 0 spiro atoms. The first kappa shape index (κ1) is 16.3. The van der Waals surface area contributed by atoms with Crippen molar-refractivity contribution in [2.24, 2.45) is 0 Å². The third-order valence-electron chi connectivity index (χ3n) is 3.18. The molecule has 0 amide bonds. The van der Waals surface area contributed by atoms with Crippen molar-refractivity contribution in [2.45, 2.75) is 52.3 Å². The van der Waals surface area contributed by atoms with Crippen molar-refractivity contribution in [3.63, 3.8) is 0 Å².